The van der Waals surface area contributed by atoms with Gasteiger partial charge in [-0.2, -0.15) is 0 Å². The van der Waals surface area contributed by atoms with Crippen molar-refractivity contribution >= 4 is 43.5 Å². The van der Waals surface area contributed by atoms with E-state index in [9.17, 15) is 4.79 Å². The Kier molecular flexibility index (Phi) is 5.24. The summed E-state index contributed by atoms with van der Waals surface area (Å²) in [5.74, 6) is 0.694. The van der Waals surface area contributed by atoms with Gasteiger partial charge in [-0.1, -0.05) is 6.42 Å². The Bertz CT molecular complexity index is 474. The van der Waals surface area contributed by atoms with E-state index in [1.165, 1.54) is 0 Å². The second-order valence-corrected chi connectivity index (χ2v) is 6.17. The molecule has 0 aliphatic carbocycles. The molecule has 1 aliphatic heterocycles. The third-order valence-electron chi connectivity index (χ3n) is 3.13. The number of halogens is 2. The number of rotatable bonds is 3. The van der Waals surface area contributed by atoms with Crippen LogP contribution in [0.4, 0.5) is 5.69 Å². The van der Waals surface area contributed by atoms with Crippen molar-refractivity contribution in [3.05, 3.63) is 21.1 Å². The Morgan fingerprint density at radius 2 is 2.16 bits per heavy atom. The van der Waals surface area contributed by atoms with Crippen molar-refractivity contribution in [2.24, 2.45) is 0 Å². The minimum Gasteiger partial charge on any atom is -0.495 e. The average Bonchev–Trinajstić information content (AvgIpc) is 2.42. The van der Waals surface area contributed by atoms with Crippen molar-refractivity contribution in [3.63, 3.8) is 0 Å². The van der Waals surface area contributed by atoms with Crippen molar-refractivity contribution in [2.45, 2.75) is 25.3 Å². The Morgan fingerprint density at radius 3 is 2.79 bits per heavy atom. The van der Waals surface area contributed by atoms with Crippen LogP contribution >= 0.6 is 31.9 Å². The van der Waals surface area contributed by atoms with Crippen LogP contribution in [0.1, 0.15) is 19.3 Å². The van der Waals surface area contributed by atoms with Crippen molar-refractivity contribution in [1.29, 1.82) is 0 Å². The van der Waals surface area contributed by atoms with Crippen molar-refractivity contribution < 1.29 is 9.53 Å². The van der Waals surface area contributed by atoms with Crippen LogP contribution in [0.25, 0.3) is 0 Å². The van der Waals surface area contributed by atoms with Gasteiger partial charge in [0.1, 0.15) is 5.75 Å². The molecule has 6 heteroatoms. The predicted molar refractivity (Wildman–Crippen MR) is 82.7 cm³/mol. The van der Waals surface area contributed by atoms with E-state index in [4.69, 9.17) is 4.74 Å². The molecule has 1 amide bonds. The molecule has 2 rings (SSSR count). The maximum absolute atomic E-state index is 12.2. The van der Waals surface area contributed by atoms with E-state index in [1.54, 1.807) is 13.2 Å². The number of ether oxygens (including phenoxy) is 1. The van der Waals surface area contributed by atoms with Gasteiger partial charge in [0.2, 0.25) is 5.91 Å². The molecule has 0 aromatic heterocycles. The number of amides is 1. The summed E-state index contributed by atoms with van der Waals surface area (Å²) in [5.41, 5.74) is 0.720. The van der Waals surface area contributed by atoms with Crippen LogP contribution in [0, 0.1) is 0 Å². The standard InChI is InChI=1S/C13H16Br2N2O2/c1-19-12-7-11(8(14)6-9(12)15)17-13(18)10-4-2-3-5-16-10/h6-7,10,16H,2-5H2,1H3,(H,17,18)/t10-/m1/s1. The largest absolute Gasteiger partial charge is 0.495 e. The Morgan fingerprint density at radius 1 is 1.37 bits per heavy atom. The summed E-state index contributed by atoms with van der Waals surface area (Å²) in [6.45, 7) is 0.906. The van der Waals surface area contributed by atoms with Crippen LogP contribution in [0.2, 0.25) is 0 Å². The van der Waals surface area contributed by atoms with Crippen LogP contribution in [0.3, 0.4) is 0 Å². The zero-order valence-electron chi connectivity index (χ0n) is 10.6. The molecule has 1 saturated heterocycles. The summed E-state index contributed by atoms with van der Waals surface area (Å²) in [6.07, 6.45) is 3.12. The predicted octanol–water partition coefficient (Wildman–Crippen LogP) is 3.30. The van der Waals surface area contributed by atoms with Gasteiger partial charge in [-0.3, -0.25) is 4.79 Å². The van der Waals surface area contributed by atoms with E-state index < -0.39 is 0 Å². The number of carbonyl (C=O) groups excluding carboxylic acids is 1. The van der Waals surface area contributed by atoms with Crippen molar-refractivity contribution in [2.75, 3.05) is 19.0 Å². The lowest BCUT2D eigenvalue weighted by Crippen LogP contribution is -2.43. The van der Waals surface area contributed by atoms with Crippen LogP contribution < -0.4 is 15.4 Å². The highest BCUT2D eigenvalue weighted by atomic mass is 79.9. The lowest BCUT2D eigenvalue weighted by atomic mass is 10.0. The number of anilines is 1. The summed E-state index contributed by atoms with van der Waals surface area (Å²) in [4.78, 5) is 12.2. The summed E-state index contributed by atoms with van der Waals surface area (Å²) < 4.78 is 6.90. The molecular formula is C13H16Br2N2O2. The molecule has 0 spiro atoms. The van der Waals surface area contributed by atoms with Gasteiger partial charge >= 0.3 is 0 Å². The second kappa shape index (κ2) is 6.72. The Hall–Kier alpha value is -0.590. The van der Waals surface area contributed by atoms with Gasteiger partial charge in [-0.25, -0.2) is 0 Å². The van der Waals surface area contributed by atoms with E-state index in [-0.39, 0.29) is 11.9 Å². The quantitative estimate of drug-likeness (QED) is 0.830. The summed E-state index contributed by atoms with van der Waals surface area (Å²) in [5, 5.41) is 6.16. The number of piperidine rings is 1. The summed E-state index contributed by atoms with van der Waals surface area (Å²) in [6, 6.07) is 3.56. The van der Waals surface area contributed by atoms with E-state index in [0.29, 0.717) is 5.75 Å². The van der Waals surface area contributed by atoms with Crippen LogP contribution in [-0.2, 0) is 4.79 Å². The maximum atomic E-state index is 12.2. The third kappa shape index (κ3) is 3.70. The second-order valence-electron chi connectivity index (χ2n) is 4.46. The first-order valence-electron chi connectivity index (χ1n) is 6.19. The molecule has 4 nitrogen and oxygen atoms in total. The molecule has 1 heterocycles. The monoisotopic (exact) mass is 390 g/mol. The molecule has 2 N–H and O–H groups in total. The fourth-order valence-corrected chi connectivity index (χ4v) is 3.33. The molecule has 104 valence electrons. The summed E-state index contributed by atoms with van der Waals surface area (Å²) in [7, 11) is 1.60. The van der Waals surface area contributed by atoms with Gasteiger partial charge in [0.15, 0.2) is 0 Å². The molecule has 1 atom stereocenters. The van der Waals surface area contributed by atoms with Gasteiger partial charge in [0.25, 0.3) is 0 Å². The number of hydrogen-bond acceptors (Lipinski definition) is 3. The Balaban J connectivity index is 2.11. The number of nitrogens with one attached hydrogen (secondary N) is 2. The van der Waals surface area contributed by atoms with Crippen molar-refractivity contribution in [3.8, 4) is 5.75 Å². The number of methoxy groups -OCH3 is 1. The lowest BCUT2D eigenvalue weighted by Gasteiger charge is -2.23. The highest BCUT2D eigenvalue weighted by Crippen LogP contribution is 2.34. The smallest absolute Gasteiger partial charge is 0.241 e. The fraction of sp³-hybridized carbons (Fsp3) is 0.462. The van der Waals surface area contributed by atoms with Crippen LogP contribution in [0.15, 0.2) is 21.1 Å². The highest BCUT2D eigenvalue weighted by Gasteiger charge is 2.21. The normalized spacial score (nSPS) is 19.0. The SMILES string of the molecule is COc1cc(NC(=O)[C@H]2CCCCN2)c(Br)cc1Br. The maximum Gasteiger partial charge on any atom is 0.241 e. The van der Waals surface area contributed by atoms with Crippen molar-refractivity contribution in [1.82, 2.24) is 5.32 Å². The molecule has 19 heavy (non-hydrogen) atoms. The minimum absolute atomic E-state index is 0.00442. The molecule has 0 unspecified atom stereocenters. The molecule has 0 radical (unpaired) electrons. The molecule has 1 aromatic carbocycles. The lowest BCUT2D eigenvalue weighted by molar-refractivity contribution is -0.118. The molecule has 0 saturated carbocycles. The first-order chi connectivity index (χ1) is 9.11. The minimum atomic E-state index is -0.102. The van der Waals surface area contributed by atoms with Gasteiger partial charge in [0, 0.05) is 10.5 Å². The molecule has 0 bridgehead atoms. The van der Waals surface area contributed by atoms with Gasteiger partial charge in [0.05, 0.1) is 23.3 Å². The van der Waals surface area contributed by atoms with E-state index in [2.05, 4.69) is 42.5 Å². The fourth-order valence-electron chi connectivity index (χ4n) is 2.08. The van der Waals surface area contributed by atoms with Gasteiger partial charge in [-0.05, 0) is 57.3 Å². The van der Waals surface area contributed by atoms with Gasteiger partial charge < -0.3 is 15.4 Å². The zero-order chi connectivity index (χ0) is 13.8. The Labute approximate surface area is 129 Å². The van der Waals surface area contributed by atoms with Crippen LogP contribution in [-0.4, -0.2) is 25.6 Å². The highest BCUT2D eigenvalue weighted by molar-refractivity contribution is 9.11. The first-order valence-corrected chi connectivity index (χ1v) is 7.77. The zero-order valence-corrected chi connectivity index (χ0v) is 13.8. The van der Waals surface area contributed by atoms with E-state index in [1.807, 2.05) is 6.07 Å². The average molecular weight is 392 g/mol. The van der Waals surface area contributed by atoms with Crippen LogP contribution in [0.5, 0.6) is 5.75 Å². The molecule has 1 aliphatic rings. The van der Waals surface area contributed by atoms with Gasteiger partial charge in [-0.15, -0.1) is 0 Å². The third-order valence-corrected chi connectivity index (χ3v) is 4.40. The molecule has 1 fully saturated rings. The van der Waals surface area contributed by atoms with E-state index >= 15 is 0 Å². The number of carbonyl (C=O) groups is 1. The van der Waals surface area contributed by atoms with E-state index in [0.717, 1.165) is 40.4 Å². The first kappa shape index (κ1) is 14.8. The summed E-state index contributed by atoms with van der Waals surface area (Å²) >= 11 is 6.85. The molecular weight excluding hydrogens is 376 g/mol. The number of hydrogen-bond donors (Lipinski definition) is 2. The topological polar surface area (TPSA) is 50.4 Å². The molecule has 1 aromatic rings. The number of benzene rings is 1.